The summed E-state index contributed by atoms with van der Waals surface area (Å²) in [5.74, 6) is 0.342. The van der Waals surface area contributed by atoms with Crippen LogP contribution >= 0.6 is 11.6 Å². The Kier molecular flexibility index (Phi) is 4.08. The third kappa shape index (κ3) is 3.17. The number of aromatic nitrogens is 1. The molecule has 0 saturated heterocycles. The second-order valence-corrected chi connectivity index (χ2v) is 5.80. The lowest BCUT2D eigenvalue weighted by Crippen LogP contribution is -2.25. The summed E-state index contributed by atoms with van der Waals surface area (Å²) in [6.07, 6.45) is 2.82. The van der Waals surface area contributed by atoms with Crippen molar-refractivity contribution < 1.29 is 9.90 Å². The van der Waals surface area contributed by atoms with Crippen LogP contribution in [-0.2, 0) is 0 Å². The number of pyridine rings is 1. The first kappa shape index (κ1) is 14.3. The van der Waals surface area contributed by atoms with Crippen LogP contribution in [0, 0.1) is 0 Å². The summed E-state index contributed by atoms with van der Waals surface area (Å²) in [4.78, 5) is 17.0. The molecule has 110 valence electrons. The van der Waals surface area contributed by atoms with Gasteiger partial charge in [-0.2, -0.15) is 0 Å². The maximum absolute atomic E-state index is 12.4. The molecular weight excluding hydrogens is 288 g/mol. The highest BCUT2D eigenvalue weighted by Gasteiger charge is 2.27. The number of rotatable bonds is 5. The van der Waals surface area contributed by atoms with Crippen molar-refractivity contribution in [3.05, 3.63) is 40.5 Å². The molecule has 0 aliphatic heterocycles. The van der Waals surface area contributed by atoms with E-state index >= 15 is 0 Å². The van der Waals surface area contributed by atoms with Gasteiger partial charge in [-0.05, 0) is 43.5 Å². The van der Waals surface area contributed by atoms with E-state index in [1.165, 1.54) is 0 Å². The number of nitrogens with zero attached hydrogens (tertiary/aromatic N) is 1. The molecule has 0 bridgehead atoms. The number of benzene rings is 1. The maximum atomic E-state index is 12.4. The Balaban J connectivity index is 2.00. The zero-order valence-electron chi connectivity index (χ0n) is 11.6. The molecule has 1 aromatic carbocycles. The number of aliphatic hydroxyl groups is 1. The van der Waals surface area contributed by atoms with E-state index in [0.717, 1.165) is 29.4 Å². The smallest absolute Gasteiger partial charge is 0.252 e. The largest absolute Gasteiger partial charge is 0.396 e. The van der Waals surface area contributed by atoms with Gasteiger partial charge in [-0.25, -0.2) is 0 Å². The lowest BCUT2D eigenvalue weighted by molar-refractivity contribution is 0.0952. The van der Waals surface area contributed by atoms with Crippen molar-refractivity contribution >= 4 is 28.4 Å². The molecule has 0 radical (unpaired) electrons. The minimum atomic E-state index is -0.139. The third-order valence-corrected chi connectivity index (χ3v) is 3.89. The highest BCUT2D eigenvalue weighted by Crippen LogP contribution is 2.40. The van der Waals surface area contributed by atoms with Crippen LogP contribution in [0.25, 0.3) is 10.9 Å². The van der Waals surface area contributed by atoms with Crippen LogP contribution in [0.1, 0.15) is 41.2 Å². The lowest BCUT2D eigenvalue weighted by atomic mass is 10.1. The first-order chi connectivity index (χ1) is 10.2. The average molecular weight is 305 g/mol. The fourth-order valence-electron chi connectivity index (χ4n) is 2.37. The van der Waals surface area contributed by atoms with E-state index in [2.05, 4.69) is 10.3 Å². The monoisotopic (exact) mass is 304 g/mol. The SMILES string of the molecule is O=C(NCCCO)c1cc(C2CC2)nc2ccc(Cl)cc12. The zero-order valence-corrected chi connectivity index (χ0v) is 12.4. The number of amides is 1. The first-order valence-electron chi connectivity index (χ1n) is 7.18. The van der Waals surface area contributed by atoms with Crippen LogP contribution < -0.4 is 5.32 Å². The molecule has 1 aliphatic carbocycles. The number of hydrogen-bond donors (Lipinski definition) is 2. The van der Waals surface area contributed by atoms with Gasteiger partial charge >= 0.3 is 0 Å². The molecule has 1 saturated carbocycles. The number of fused-ring (bicyclic) bond motifs is 1. The Hall–Kier alpha value is -1.65. The molecule has 1 aromatic heterocycles. The molecule has 1 fully saturated rings. The Morgan fingerprint density at radius 2 is 2.19 bits per heavy atom. The van der Waals surface area contributed by atoms with E-state index in [4.69, 9.17) is 16.7 Å². The molecule has 0 unspecified atom stereocenters. The fraction of sp³-hybridized carbons (Fsp3) is 0.375. The summed E-state index contributed by atoms with van der Waals surface area (Å²) >= 11 is 6.04. The molecule has 3 rings (SSSR count). The van der Waals surface area contributed by atoms with E-state index in [0.29, 0.717) is 29.5 Å². The molecule has 2 N–H and O–H groups in total. The number of aliphatic hydroxyl groups excluding tert-OH is 1. The van der Waals surface area contributed by atoms with Crippen molar-refractivity contribution in [2.24, 2.45) is 0 Å². The number of carbonyl (C=O) groups is 1. The van der Waals surface area contributed by atoms with E-state index < -0.39 is 0 Å². The lowest BCUT2D eigenvalue weighted by Gasteiger charge is -2.10. The number of hydrogen-bond acceptors (Lipinski definition) is 3. The molecule has 0 atom stereocenters. The summed E-state index contributed by atoms with van der Waals surface area (Å²) in [6.45, 7) is 0.523. The van der Waals surface area contributed by atoms with Crippen molar-refractivity contribution in [2.75, 3.05) is 13.2 Å². The molecule has 21 heavy (non-hydrogen) atoms. The van der Waals surface area contributed by atoms with Crippen LogP contribution in [0.2, 0.25) is 5.02 Å². The molecule has 5 heteroatoms. The molecular formula is C16H17ClN2O2. The zero-order chi connectivity index (χ0) is 14.8. The van der Waals surface area contributed by atoms with Gasteiger partial charge in [0.05, 0.1) is 11.1 Å². The quantitative estimate of drug-likeness (QED) is 0.835. The van der Waals surface area contributed by atoms with Crippen molar-refractivity contribution in [1.29, 1.82) is 0 Å². The van der Waals surface area contributed by atoms with Gasteiger partial charge in [-0.1, -0.05) is 11.6 Å². The van der Waals surface area contributed by atoms with Crippen molar-refractivity contribution in [3.63, 3.8) is 0 Å². The van der Waals surface area contributed by atoms with Gasteiger partial charge in [0, 0.05) is 35.2 Å². The van der Waals surface area contributed by atoms with Gasteiger partial charge < -0.3 is 10.4 Å². The van der Waals surface area contributed by atoms with Crippen LogP contribution in [0.3, 0.4) is 0 Å². The van der Waals surface area contributed by atoms with Gasteiger partial charge in [0.2, 0.25) is 0 Å². The summed E-state index contributed by atoms with van der Waals surface area (Å²) in [6, 6.07) is 7.31. The van der Waals surface area contributed by atoms with Gasteiger partial charge in [0.15, 0.2) is 0 Å². The summed E-state index contributed by atoms with van der Waals surface area (Å²) in [7, 11) is 0. The maximum Gasteiger partial charge on any atom is 0.252 e. The molecule has 4 nitrogen and oxygen atoms in total. The first-order valence-corrected chi connectivity index (χ1v) is 7.56. The standard InChI is InChI=1S/C16H17ClN2O2/c17-11-4-5-14-12(8-11)13(16(21)18-6-1-7-20)9-15(19-14)10-2-3-10/h4-5,8-10,20H,1-3,6-7H2,(H,18,21). The van der Waals surface area contributed by atoms with Crippen LogP contribution in [-0.4, -0.2) is 29.1 Å². The molecule has 1 heterocycles. The number of nitrogens with one attached hydrogen (secondary N) is 1. The summed E-state index contributed by atoms with van der Waals surface area (Å²) in [5, 5.41) is 13.0. The summed E-state index contributed by atoms with van der Waals surface area (Å²) < 4.78 is 0. The van der Waals surface area contributed by atoms with Gasteiger partial charge in [-0.3, -0.25) is 9.78 Å². The van der Waals surface area contributed by atoms with Crippen molar-refractivity contribution in [1.82, 2.24) is 10.3 Å². The average Bonchev–Trinajstić information content (AvgIpc) is 3.31. The Morgan fingerprint density at radius 3 is 2.90 bits per heavy atom. The Labute approximate surface area is 128 Å². The van der Waals surface area contributed by atoms with Gasteiger partial charge in [0.1, 0.15) is 0 Å². The molecule has 0 spiro atoms. The van der Waals surface area contributed by atoms with Gasteiger partial charge in [0.25, 0.3) is 5.91 Å². The minimum absolute atomic E-state index is 0.0660. The third-order valence-electron chi connectivity index (χ3n) is 3.65. The van der Waals surface area contributed by atoms with E-state index in [1.807, 2.05) is 12.1 Å². The van der Waals surface area contributed by atoms with Crippen LogP contribution in [0.4, 0.5) is 0 Å². The highest BCUT2D eigenvalue weighted by molar-refractivity contribution is 6.31. The van der Waals surface area contributed by atoms with E-state index in [1.54, 1.807) is 12.1 Å². The second-order valence-electron chi connectivity index (χ2n) is 5.36. The van der Waals surface area contributed by atoms with Crippen molar-refractivity contribution in [2.45, 2.75) is 25.2 Å². The number of halogens is 1. The van der Waals surface area contributed by atoms with Crippen LogP contribution in [0.5, 0.6) is 0 Å². The normalized spacial score (nSPS) is 14.4. The fourth-order valence-corrected chi connectivity index (χ4v) is 2.54. The Bertz CT molecular complexity index is 683. The summed E-state index contributed by atoms with van der Waals surface area (Å²) in [5.41, 5.74) is 2.40. The van der Waals surface area contributed by atoms with Crippen molar-refractivity contribution in [3.8, 4) is 0 Å². The Morgan fingerprint density at radius 1 is 1.38 bits per heavy atom. The van der Waals surface area contributed by atoms with Gasteiger partial charge in [-0.15, -0.1) is 0 Å². The minimum Gasteiger partial charge on any atom is -0.396 e. The molecule has 1 amide bonds. The predicted octanol–water partition coefficient (Wildman–Crippen LogP) is 2.88. The second kappa shape index (κ2) is 6.00. The number of carbonyl (C=O) groups excluding carboxylic acids is 1. The van der Waals surface area contributed by atoms with Crippen LogP contribution in [0.15, 0.2) is 24.3 Å². The van der Waals surface area contributed by atoms with E-state index in [-0.39, 0.29) is 12.5 Å². The predicted molar refractivity (Wildman–Crippen MR) is 82.8 cm³/mol. The topological polar surface area (TPSA) is 62.2 Å². The molecule has 2 aromatic rings. The van der Waals surface area contributed by atoms with E-state index in [9.17, 15) is 4.79 Å². The highest BCUT2D eigenvalue weighted by atomic mass is 35.5. The molecule has 1 aliphatic rings.